The van der Waals surface area contributed by atoms with Gasteiger partial charge >= 0.3 is 6.55 Å². The first-order valence-electron chi connectivity index (χ1n) is 7.41. The van der Waals surface area contributed by atoms with Gasteiger partial charge < -0.3 is 0 Å². The van der Waals surface area contributed by atoms with Gasteiger partial charge in [-0.3, -0.25) is 9.47 Å². The van der Waals surface area contributed by atoms with Crippen LogP contribution in [0.15, 0.2) is 42.7 Å². The van der Waals surface area contributed by atoms with E-state index in [0.717, 1.165) is 10.3 Å². The van der Waals surface area contributed by atoms with Gasteiger partial charge in [0, 0.05) is 12.4 Å². The molecule has 0 N–H and O–H groups in total. The quantitative estimate of drug-likeness (QED) is 0.693. The number of hydrogen-bond donors (Lipinski definition) is 0. The van der Waals surface area contributed by atoms with Gasteiger partial charge in [0.1, 0.15) is 5.82 Å². The molecule has 2 heterocycles. The molecule has 0 amide bonds. The summed E-state index contributed by atoms with van der Waals surface area (Å²) < 4.78 is 28.4. The average molecular weight is 333 g/mol. The fraction of sp³-hybridized carbons (Fsp3) is 0.333. The number of tetrazole rings is 1. The van der Waals surface area contributed by atoms with Gasteiger partial charge in [-0.1, -0.05) is 18.2 Å². The molecule has 0 aliphatic rings. The Balaban J connectivity index is 1.81. The molecule has 126 valence electrons. The fourth-order valence-corrected chi connectivity index (χ4v) is 2.41. The number of halogens is 2. The van der Waals surface area contributed by atoms with E-state index < -0.39 is 6.55 Å². The zero-order chi connectivity index (χ0) is 17.1. The third kappa shape index (κ3) is 3.16. The molecule has 0 unspecified atom stereocenters. The van der Waals surface area contributed by atoms with Crippen LogP contribution in [-0.2, 0) is 6.54 Å². The number of aromatic nitrogens is 6. The van der Waals surface area contributed by atoms with Crippen LogP contribution in [0.2, 0.25) is 0 Å². The Morgan fingerprint density at radius 2 is 1.96 bits per heavy atom. The van der Waals surface area contributed by atoms with E-state index in [1.165, 1.54) is 12.4 Å². The van der Waals surface area contributed by atoms with E-state index >= 15 is 0 Å². The van der Waals surface area contributed by atoms with E-state index in [1.807, 2.05) is 49.2 Å². The zero-order valence-corrected chi connectivity index (χ0v) is 13.3. The molecule has 0 aliphatic carbocycles. The maximum Gasteiger partial charge on any atom is 0.319 e. The lowest BCUT2D eigenvalue weighted by Gasteiger charge is -2.23. The number of imidazole rings is 1. The summed E-state index contributed by atoms with van der Waals surface area (Å²) in [5.41, 5.74) is 0.840. The number of alkyl halides is 2. The SMILES string of the molecule is C[C@@H](c1nnnn1-c1ccccc1)N(C)Cc1nccn1C(F)F. The van der Waals surface area contributed by atoms with Crippen LogP contribution < -0.4 is 0 Å². The van der Waals surface area contributed by atoms with Crippen LogP contribution in [0.5, 0.6) is 0 Å². The van der Waals surface area contributed by atoms with Gasteiger partial charge in [0.15, 0.2) is 5.82 Å². The van der Waals surface area contributed by atoms with Crippen LogP contribution >= 0.6 is 0 Å². The van der Waals surface area contributed by atoms with Gasteiger partial charge in [0.2, 0.25) is 0 Å². The Morgan fingerprint density at radius 3 is 2.67 bits per heavy atom. The van der Waals surface area contributed by atoms with Crippen LogP contribution in [0.4, 0.5) is 8.78 Å². The van der Waals surface area contributed by atoms with E-state index in [0.29, 0.717) is 5.82 Å². The Labute approximate surface area is 137 Å². The zero-order valence-electron chi connectivity index (χ0n) is 13.3. The van der Waals surface area contributed by atoms with Gasteiger partial charge in [-0.2, -0.15) is 13.5 Å². The largest absolute Gasteiger partial charge is 0.319 e. The van der Waals surface area contributed by atoms with E-state index in [4.69, 9.17) is 0 Å². The predicted molar refractivity (Wildman–Crippen MR) is 82.5 cm³/mol. The minimum atomic E-state index is -2.61. The molecule has 1 aromatic carbocycles. The minimum Gasteiger partial charge on any atom is -0.289 e. The smallest absolute Gasteiger partial charge is 0.289 e. The van der Waals surface area contributed by atoms with E-state index in [-0.39, 0.29) is 18.4 Å². The molecule has 9 heteroatoms. The third-order valence-electron chi connectivity index (χ3n) is 3.88. The van der Waals surface area contributed by atoms with Crippen LogP contribution in [0.25, 0.3) is 5.69 Å². The monoisotopic (exact) mass is 333 g/mol. The normalized spacial score (nSPS) is 12.9. The molecule has 2 aromatic heterocycles. The molecular weight excluding hydrogens is 316 g/mol. The van der Waals surface area contributed by atoms with Crippen molar-refractivity contribution in [1.82, 2.24) is 34.7 Å². The van der Waals surface area contributed by atoms with Crippen LogP contribution in [-0.4, -0.2) is 41.7 Å². The highest BCUT2D eigenvalue weighted by Crippen LogP contribution is 2.21. The number of benzene rings is 1. The molecule has 1 atom stereocenters. The van der Waals surface area contributed by atoms with Crippen molar-refractivity contribution in [2.75, 3.05) is 7.05 Å². The second kappa shape index (κ2) is 6.83. The number of hydrogen-bond acceptors (Lipinski definition) is 5. The molecule has 3 aromatic rings. The maximum absolute atomic E-state index is 12.9. The van der Waals surface area contributed by atoms with Crippen molar-refractivity contribution < 1.29 is 8.78 Å². The molecular formula is C15H17F2N7. The third-order valence-corrected chi connectivity index (χ3v) is 3.88. The van der Waals surface area contributed by atoms with Crippen molar-refractivity contribution in [3.05, 3.63) is 54.4 Å². The maximum atomic E-state index is 12.9. The highest BCUT2D eigenvalue weighted by Gasteiger charge is 2.22. The summed E-state index contributed by atoms with van der Waals surface area (Å²) in [5.74, 6) is 0.914. The molecule has 0 fully saturated rings. The van der Waals surface area contributed by atoms with Gasteiger partial charge in [-0.05, 0) is 36.5 Å². The van der Waals surface area contributed by atoms with Crippen molar-refractivity contribution in [1.29, 1.82) is 0 Å². The lowest BCUT2D eigenvalue weighted by Crippen LogP contribution is -2.26. The summed E-state index contributed by atoms with van der Waals surface area (Å²) in [4.78, 5) is 5.87. The van der Waals surface area contributed by atoms with Crippen molar-refractivity contribution in [3.63, 3.8) is 0 Å². The first kappa shape index (κ1) is 16.2. The molecule has 0 saturated carbocycles. The predicted octanol–water partition coefficient (Wildman–Crippen LogP) is 2.45. The van der Waals surface area contributed by atoms with Crippen molar-refractivity contribution in [2.45, 2.75) is 26.1 Å². The molecule has 24 heavy (non-hydrogen) atoms. The molecule has 0 aliphatic heterocycles. The highest BCUT2D eigenvalue weighted by molar-refractivity contribution is 5.30. The Hall–Kier alpha value is -2.68. The molecule has 0 bridgehead atoms. The van der Waals surface area contributed by atoms with Crippen molar-refractivity contribution >= 4 is 0 Å². The first-order valence-corrected chi connectivity index (χ1v) is 7.41. The highest BCUT2D eigenvalue weighted by atomic mass is 19.3. The van der Waals surface area contributed by atoms with E-state index in [2.05, 4.69) is 20.5 Å². The average Bonchev–Trinajstić information content (AvgIpc) is 3.24. The van der Waals surface area contributed by atoms with Crippen LogP contribution in [0.1, 0.15) is 31.2 Å². The lowest BCUT2D eigenvalue weighted by atomic mass is 10.2. The summed E-state index contributed by atoms with van der Waals surface area (Å²) in [5, 5.41) is 11.8. The standard InChI is InChI=1S/C15H17F2N7/c1-11(22(2)10-13-18-8-9-23(13)15(16)17)14-19-20-21-24(14)12-6-4-3-5-7-12/h3-9,11,15H,10H2,1-2H3/t11-/m0/s1. The summed E-state index contributed by atoms with van der Waals surface area (Å²) >= 11 is 0. The van der Waals surface area contributed by atoms with Gasteiger partial charge in [0.05, 0.1) is 18.3 Å². The number of para-hydroxylation sites is 1. The van der Waals surface area contributed by atoms with E-state index in [1.54, 1.807) is 4.68 Å². The number of rotatable bonds is 6. The summed E-state index contributed by atoms with van der Waals surface area (Å²) in [7, 11) is 1.82. The van der Waals surface area contributed by atoms with Crippen LogP contribution in [0.3, 0.4) is 0 Å². The molecule has 0 spiro atoms. The lowest BCUT2D eigenvalue weighted by molar-refractivity contribution is 0.0634. The molecule has 7 nitrogen and oxygen atoms in total. The topological polar surface area (TPSA) is 64.7 Å². The summed E-state index contributed by atoms with van der Waals surface area (Å²) in [6.45, 7) is -0.443. The Morgan fingerprint density at radius 1 is 1.21 bits per heavy atom. The Kier molecular flexibility index (Phi) is 4.61. The van der Waals surface area contributed by atoms with E-state index in [9.17, 15) is 8.78 Å². The molecule has 3 rings (SSSR count). The fourth-order valence-electron chi connectivity index (χ4n) is 2.41. The van der Waals surface area contributed by atoms with Crippen LogP contribution in [0, 0.1) is 0 Å². The summed E-state index contributed by atoms with van der Waals surface area (Å²) in [6.07, 6.45) is 2.64. The first-order chi connectivity index (χ1) is 11.6. The van der Waals surface area contributed by atoms with Gasteiger partial charge in [-0.15, -0.1) is 5.10 Å². The van der Waals surface area contributed by atoms with Crippen molar-refractivity contribution in [2.24, 2.45) is 0 Å². The molecule has 0 saturated heterocycles. The summed E-state index contributed by atoms with van der Waals surface area (Å²) in [6, 6.07) is 9.31. The second-order valence-electron chi connectivity index (χ2n) is 5.40. The minimum absolute atomic E-state index is 0.192. The Bertz CT molecular complexity index is 784. The van der Waals surface area contributed by atoms with Crippen molar-refractivity contribution in [3.8, 4) is 5.69 Å². The molecule has 0 radical (unpaired) electrons. The second-order valence-corrected chi connectivity index (χ2v) is 5.40. The van der Waals surface area contributed by atoms with Gasteiger partial charge in [-0.25, -0.2) is 4.98 Å². The number of nitrogens with zero attached hydrogens (tertiary/aromatic N) is 7. The van der Waals surface area contributed by atoms with Gasteiger partial charge in [0.25, 0.3) is 0 Å².